The summed E-state index contributed by atoms with van der Waals surface area (Å²) < 4.78 is 21.4. The summed E-state index contributed by atoms with van der Waals surface area (Å²) in [5.41, 5.74) is 4.97. The summed E-state index contributed by atoms with van der Waals surface area (Å²) in [6.45, 7) is 2.20. The van der Waals surface area contributed by atoms with Gasteiger partial charge >= 0.3 is 5.97 Å². The number of carbonyl (C=O) groups is 2. The highest BCUT2D eigenvalue weighted by atomic mass is 19.1. The molecule has 33 heavy (non-hydrogen) atoms. The lowest BCUT2D eigenvalue weighted by atomic mass is 9.86. The standard InChI is InChI=1S/C28H24FNO3/c1-18-7-9-20(10-8-18)27(31)30-25-13-11-21(28(32)33-17-19-5-3-2-4-6-19)15-23(25)24-16-22(29)12-14-26(24)30/h2-10,12,14,16,21H,11,13,15,17H2,1H3. The Morgan fingerprint density at radius 3 is 2.55 bits per heavy atom. The van der Waals surface area contributed by atoms with Gasteiger partial charge in [-0.3, -0.25) is 14.2 Å². The Morgan fingerprint density at radius 1 is 1.03 bits per heavy atom. The first-order valence-corrected chi connectivity index (χ1v) is 11.1. The Balaban J connectivity index is 1.47. The van der Waals surface area contributed by atoms with Crippen molar-refractivity contribution in [2.45, 2.75) is 32.8 Å². The largest absolute Gasteiger partial charge is 0.461 e. The van der Waals surface area contributed by atoms with Crippen molar-refractivity contribution in [2.24, 2.45) is 5.92 Å². The minimum absolute atomic E-state index is 0.141. The molecule has 1 atom stereocenters. The van der Waals surface area contributed by atoms with Crippen LogP contribution >= 0.6 is 0 Å². The quantitative estimate of drug-likeness (QED) is 0.386. The first-order valence-electron chi connectivity index (χ1n) is 11.1. The molecule has 1 aliphatic rings. The smallest absolute Gasteiger partial charge is 0.309 e. The van der Waals surface area contributed by atoms with Crippen LogP contribution in [-0.4, -0.2) is 16.4 Å². The molecule has 1 aromatic heterocycles. The van der Waals surface area contributed by atoms with Crippen molar-refractivity contribution in [1.29, 1.82) is 0 Å². The predicted octanol–water partition coefficient (Wildman–Crippen LogP) is 5.63. The molecule has 4 aromatic rings. The number of hydrogen-bond acceptors (Lipinski definition) is 3. The third-order valence-corrected chi connectivity index (χ3v) is 6.38. The topological polar surface area (TPSA) is 48.3 Å². The van der Waals surface area contributed by atoms with Gasteiger partial charge < -0.3 is 4.74 Å². The predicted molar refractivity (Wildman–Crippen MR) is 125 cm³/mol. The van der Waals surface area contributed by atoms with Gasteiger partial charge in [0.25, 0.3) is 5.91 Å². The number of halogens is 1. The van der Waals surface area contributed by atoms with Crippen LogP contribution in [0.1, 0.15) is 39.2 Å². The Hall–Kier alpha value is -3.73. The van der Waals surface area contributed by atoms with Crippen LogP contribution in [0.3, 0.4) is 0 Å². The summed E-state index contributed by atoms with van der Waals surface area (Å²) >= 11 is 0. The molecule has 0 bridgehead atoms. The van der Waals surface area contributed by atoms with Crippen molar-refractivity contribution in [3.8, 4) is 0 Å². The summed E-state index contributed by atoms with van der Waals surface area (Å²) in [6.07, 6.45) is 1.56. The molecule has 4 nitrogen and oxygen atoms in total. The summed E-state index contributed by atoms with van der Waals surface area (Å²) in [6, 6.07) is 21.5. The van der Waals surface area contributed by atoms with E-state index in [1.165, 1.54) is 12.1 Å². The second-order valence-electron chi connectivity index (χ2n) is 8.63. The zero-order valence-electron chi connectivity index (χ0n) is 18.4. The third-order valence-electron chi connectivity index (χ3n) is 6.38. The number of rotatable bonds is 4. The molecule has 0 radical (unpaired) electrons. The van der Waals surface area contributed by atoms with Gasteiger partial charge in [0, 0.05) is 16.6 Å². The molecule has 0 spiro atoms. The van der Waals surface area contributed by atoms with E-state index in [-0.39, 0.29) is 30.2 Å². The van der Waals surface area contributed by atoms with Crippen molar-refractivity contribution in [2.75, 3.05) is 0 Å². The van der Waals surface area contributed by atoms with Crippen molar-refractivity contribution < 1.29 is 18.7 Å². The maximum Gasteiger partial charge on any atom is 0.309 e. The molecular formula is C28H24FNO3. The SMILES string of the molecule is Cc1ccc(C(=O)n2c3c(c4cc(F)ccc42)CC(C(=O)OCc2ccccc2)CC3)cc1. The lowest BCUT2D eigenvalue weighted by Gasteiger charge is -2.22. The molecule has 0 aliphatic heterocycles. The Morgan fingerprint density at radius 2 is 1.79 bits per heavy atom. The molecule has 0 amide bonds. The number of esters is 1. The minimum atomic E-state index is -0.362. The van der Waals surface area contributed by atoms with Gasteiger partial charge in [0.15, 0.2) is 0 Å². The average Bonchev–Trinajstić information content (AvgIpc) is 3.16. The normalized spacial score (nSPS) is 15.3. The summed E-state index contributed by atoms with van der Waals surface area (Å²) in [4.78, 5) is 26.3. The van der Waals surface area contributed by atoms with Crippen molar-refractivity contribution in [3.05, 3.63) is 107 Å². The number of fused-ring (bicyclic) bond motifs is 3. The van der Waals surface area contributed by atoms with E-state index in [2.05, 4.69) is 0 Å². The summed E-state index contributed by atoms with van der Waals surface area (Å²) in [7, 11) is 0. The first kappa shape index (κ1) is 21.1. The van der Waals surface area contributed by atoms with Gasteiger partial charge in [0.05, 0.1) is 11.4 Å². The number of hydrogen-bond donors (Lipinski definition) is 0. The maximum absolute atomic E-state index is 14.2. The van der Waals surface area contributed by atoms with Gasteiger partial charge in [-0.05, 0) is 67.6 Å². The van der Waals surface area contributed by atoms with Crippen LogP contribution in [0.15, 0.2) is 72.8 Å². The van der Waals surface area contributed by atoms with Crippen molar-refractivity contribution in [1.82, 2.24) is 4.57 Å². The van der Waals surface area contributed by atoms with Crippen LogP contribution in [0.5, 0.6) is 0 Å². The Kier molecular flexibility index (Phi) is 5.55. The lowest BCUT2D eigenvalue weighted by molar-refractivity contribution is -0.150. The van der Waals surface area contributed by atoms with Crippen LogP contribution in [0.25, 0.3) is 10.9 Å². The highest BCUT2D eigenvalue weighted by Gasteiger charge is 2.32. The molecule has 1 heterocycles. The molecular weight excluding hydrogens is 417 g/mol. The van der Waals surface area contributed by atoms with Gasteiger partial charge in [0.1, 0.15) is 12.4 Å². The van der Waals surface area contributed by atoms with Gasteiger partial charge in [-0.25, -0.2) is 4.39 Å². The fourth-order valence-electron chi connectivity index (χ4n) is 4.64. The maximum atomic E-state index is 14.2. The van der Waals surface area contributed by atoms with Crippen LogP contribution in [0.2, 0.25) is 0 Å². The van der Waals surface area contributed by atoms with Gasteiger partial charge in [-0.1, -0.05) is 48.0 Å². The summed E-state index contributed by atoms with van der Waals surface area (Å²) in [5.74, 6) is -1.08. The third kappa shape index (κ3) is 4.07. The molecule has 0 saturated heterocycles. The number of carbonyl (C=O) groups excluding carboxylic acids is 2. The molecule has 0 fully saturated rings. The highest BCUT2D eigenvalue weighted by molar-refractivity contribution is 6.04. The number of nitrogens with zero attached hydrogens (tertiary/aromatic N) is 1. The van der Waals surface area contributed by atoms with E-state index in [0.717, 1.165) is 22.4 Å². The van der Waals surface area contributed by atoms with Gasteiger partial charge in [0.2, 0.25) is 0 Å². The second kappa shape index (κ2) is 8.66. The number of benzene rings is 3. The van der Waals surface area contributed by atoms with E-state index in [9.17, 15) is 14.0 Å². The molecule has 5 heteroatoms. The molecule has 1 unspecified atom stereocenters. The Labute approximate surface area is 191 Å². The van der Waals surface area contributed by atoms with E-state index in [0.29, 0.717) is 35.7 Å². The number of aromatic nitrogens is 1. The molecule has 0 N–H and O–H groups in total. The lowest BCUT2D eigenvalue weighted by Crippen LogP contribution is -2.26. The van der Waals surface area contributed by atoms with Crippen molar-refractivity contribution >= 4 is 22.8 Å². The fraction of sp³-hybridized carbons (Fsp3) is 0.214. The molecule has 0 saturated carbocycles. The van der Waals surface area contributed by atoms with Crippen LogP contribution in [-0.2, 0) is 29.0 Å². The highest BCUT2D eigenvalue weighted by Crippen LogP contribution is 2.36. The molecule has 5 rings (SSSR count). The van der Waals surface area contributed by atoms with Crippen molar-refractivity contribution in [3.63, 3.8) is 0 Å². The van der Waals surface area contributed by atoms with E-state index < -0.39 is 0 Å². The second-order valence-corrected chi connectivity index (χ2v) is 8.63. The van der Waals surface area contributed by atoms with Crippen LogP contribution < -0.4 is 0 Å². The Bertz CT molecular complexity index is 1340. The molecule has 1 aliphatic carbocycles. The zero-order chi connectivity index (χ0) is 22.9. The van der Waals surface area contributed by atoms with Gasteiger partial charge in [-0.2, -0.15) is 0 Å². The minimum Gasteiger partial charge on any atom is -0.461 e. The van der Waals surface area contributed by atoms with E-state index >= 15 is 0 Å². The van der Waals surface area contributed by atoms with Gasteiger partial charge in [-0.15, -0.1) is 0 Å². The van der Waals surface area contributed by atoms with E-state index in [4.69, 9.17) is 4.74 Å². The van der Waals surface area contributed by atoms with E-state index in [1.54, 1.807) is 10.6 Å². The summed E-state index contributed by atoms with van der Waals surface area (Å²) in [5, 5.41) is 0.686. The fourth-order valence-corrected chi connectivity index (χ4v) is 4.64. The van der Waals surface area contributed by atoms with E-state index in [1.807, 2.05) is 61.5 Å². The zero-order valence-corrected chi connectivity index (χ0v) is 18.4. The number of ether oxygens (including phenoxy) is 1. The number of aryl methyl sites for hydroxylation is 1. The van der Waals surface area contributed by atoms with Crippen LogP contribution in [0, 0.1) is 18.7 Å². The first-order chi connectivity index (χ1) is 16.0. The molecule has 3 aromatic carbocycles. The average molecular weight is 442 g/mol. The van der Waals surface area contributed by atoms with Crippen LogP contribution in [0.4, 0.5) is 4.39 Å². The molecule has 166 valence electrons. The monoisotopic (exact) mass is 441 g/mol.